The number of anilines is 1. The molecule has 1 aromatic carbocycles. The van der Waals surface area contributed by atoms with Gasteiger partial charge in [0.15, 0.2) is 0 Å². The SMILES string of the molecule is NC(=O)c1cccc(CNc2cnccc2Cl)c1. The fourth-order valence-corrected chi connectivity index (χ4v) is 1.71. The highest BCUT2D eigenvalue weighted by molar-refractivity contribution is 6.33. The highest BCUT2D eigenvalue weighted by Crippen LogP contribution is 2.19. The zero-order valence-electron chi connectivity index (χ0n) is 9.56. The molecule has 1 heterocycles. The molecule has 0 fully saturated rings. The molecule has 0 aliphatic heterocycles. The predicted octanol–water partition coefficient (Wildman–Crippen LogP) is 2.45. The van der Waals surface area contributed by atoms with Gasteiger partial charge in [-0.1, -0.05) is 23.7 Å². The van der Waals surface area contributed by atoms with Crippen LogP contribution in [-0.2, 0) is 6.54 Å². The Kier molecular flexibility index (Phi) is 3.79. The Morgan fingerprint density at radius 2 is 2.22 bits per heavy atom. The monoisotopic (exact) mass is 261 g/mol. The summed E-state index contributed by atoms with van der Waals surface area (Å²) in [5, 5.41) is 3.76. The first kappa shape index (κ1) is 12.4. The smallest absolute Gasteiger partial charge is 0.248 e. The van der Waals surface area contributed by atoms with E-state index in [0.717, 1.165) is 11.3 Å². The van der Waals surface area contributed by atoms with Gasteiger partial charge in [-0.15, -0.1) is 0 Å². The van der Waals surface area contributed by atoms with Gasteiger partial charge in [0.1, 0.15) is 0 Å². The Balaban J connectivity index is 2.09. The molecule has 18 heavy (non-hydrogen) atoms. The lowest BCUT2D eigenvalue weighted by Gasteiger charge is -2.08. The van der Waals surface area contributed by atoms with Gasteiger partial charge in [0.2, 0.25) is 5.91 Å². The van der Waals surface area contributed by atoms with Gasteiger partial charge in [0.05, 0.1) is 16.9 Å². The number of carbonyl (C=O) groups excluding carboxylic acids is 1. The zero-order chi connectivity index (χ0) is 13.0. The molecule has 2 rings (SSSR count). The number of nitrogens with zero attached hydrogens (tertiary/aromatic N) is 1. The molecule has 5 heteroatoms. The van der Waals surface area contributed by atoms with Crippen LogP contribution in [0.25, 0.3) is 0 Å². The summed E-state index contributed by atoms with van der Waals surface area (Å²) in [6.45, 7) is 0.548. The molecule has 0 unspecified atom stereocenters. The van der Waals surface area contributed by atoms with E-state index in [2.05, 4.69) is 10.3 Å². The summed E-state index contributed by atoms with van der Waals surface area (Å²) in [6, 6.07) is 8.85. The Labute approximate surface area is 110 Å². The van der Waals surface area contributed by atoms with Crippen LogP contribution in [0.15, 0.2) is 42.7 Å². The summed E-state index contributed by atoms with van der Waals surface area (Å²) in [6.07, 6.45) is 3.28. The van der Waals surface area contributed by atoms with Gasteiger partial charge in [-0.3, -0.25) is 9.78 Å². The molecule has 1 amide bonds. The number of benzene rings is 1. The fourth-order valence-electron chi connectivity index (χ4n) is 1.54. The quantitative estimate of drug-likeness (QED) is 0.888. The molecule has 2 aromatic rings. The lowest BCUT2D eigenvalue weighted by atomic mass is 10.1. The zero-order valence-corrected chi connectivity index (χ0v) is 10.3. The van der Waals surface area contributed by atoms with Crippen molar-refractivity contribution in [3.8, 4) is 0 Å². The van der Waals surface area contributed by atoms with Crippen molar-refractivity contribution in [2.45, 2.75) is 6.54 Å². The van der Waals surface area contributed by atoms with Crippen LogP contribution < -0.4 is 11.1 Å². The van der Waals surface area contributed by atoms with Crippen molar-refractivity contribution in [2.75, 3.05) is 5.32 Å². The summed E-state index contributed by atoms with van der Waals surface area (Å²) >= 11 is 6.00. The second-order valence-electron chi connectivity index (χ2n) is 3.77. The number of nitrogens with two attached hydrogens (primary N) is 1. The molecule has 0 aliphatic rings. The topological polar surface area (TPSA) is 68.0 Å². The number of hydrogen-bond acceptors (Lipinski definition) is 3. The highest BCUT2D eigenvalue weighted by atomic mass is 35.5. The van der Waals surface area contributed by atoms with E-state index >= 15 is 0 Å². The van der Waals surface area contributed by atoms with Crippen LogP contribution >= 0.6 is 11.6 Å². The summed E-state index contributed by atoms with van der Waals surface area (Å²) in [5.41, 5.74) is 7.42. The van der Waals surface area contributed by atoms with Crippen molar-refractivity contribution in [1.29, 1.82) is 0 Å². The van der Waals surface area contributed by atoms with Crippen LogP contribution in [0.1, 0.15) is 15.9 Å². The highest BCUT2D eigenvalue weighted by Gasteiger charge is 2.02. The van der Waals surface area contributed by atoms with E-state index < -0.39 is 5.91 Å². The van der Waals surface area contributed by atoms with Gasteiger partial charge >= 0.3 is 0 Å². The second-order valence-corrected chi connectivity index (χ2v) is 4.18. The summed E-state index contributed by atoms with van der Waals surface area (Å²) in [7, 11) is 0. The maximum atomic E-state index is 11.1. The number of aromatic nitrogens is 1. The van der Waals surface area contributed by atoms with Gasteiger partial charge in [0, 0.05) is 18.3 Å². The molecule has 0 aliphatic carbocycles. The number of primary amides is 1. The fraction of sp³-hybridized carbons (Fsp3) is 0.0769. The second kappa shape index (κ2) is 5.51. The normalized spacial score (nSPS) is 10.1. The Morgan fingerprint density at radius 3 is 2.94 bits per heavy atom. The van der Waals surface area contributed by atoms with Crippen molar-refractivity contribution in [2.24, 2.45) is 5.73 Å². The maximum Gasteiger partial charge on any atom is 0.248 e. The minimum Gasteiger partial charge on any atom is -0.379 e. The largest absolute Gasteiger partial charge is 0.379 e. The molecule has 4 nitrogen and oxygen atoms in total. The van der Waals surface area contributed by atoms with E-state index in [1.165, 1.54) is 0 Å². The number of pyridine rings is 1. The number of hydrogen-bond donors (Lipinski definition) is 2. The van der Waals surface area contributed by atoms with Gasteiger partial charge in [0.25, 0.3) is 0 Å². The lowest BCUT2D eigenvalue weighted by molar-refractivity contribution is 0.1000. The van der Waals surface area contributed by atoms with Crippen LogP contribution in [0, 0.1) is 0 Å². The average Bonchev–Trinajstić information content (AvgIpc) is 2.38. The van der Waals surface area contributed by atoms with Gasteiger partial charge < -0.3 is 11.1 Å². The Morgan fingerprint density at radius 1 is 1.39 bits per heavy atom. The average molecular weight is 262 g/mol. The molecular weight excluding hydrogens is 250 g/mol. The summed E-state index contributed by atoms with van der Waals surface area (Å²) < 4.78 is 0. The molecular formula is C13H12ClN3O. The first-order valence-electron chi connectivity index (χ1n) is 5.39. The van der Waals surface area contributed by atoms with Gasteiger partial charge in [-0.05, 0) is 23.8 Å². The Bertz CT molecular complexity index is 572. The van der Waals surface area contributed by atoms with E-state index in [-0.39, 0.29) is 0 Å². The standard InChI is InChI=1S/C13H12ClN3O/c14-11-4-5-16-8-12(11)17-7-9-2-1-3-10(6-9)13(15)18/h1-6,8,17H,7H2,(H2,15,18). The minimum atomic E-state index is -0.434. The van der Waals surface area contributed by atoms with Crippen LogP contribution in [0.3, 0.4) is 0 Å². The third-order valence-corrected chi connectivity index (χ3v) is 2.79. The number of nitrogens with one attached hydrogen (secondary N) is 1. The molecule has 0 radical (unpaired) electrons. The third kappa shape index (κ3) is 2.99. The number of rotatable bonds is 4. The van der Waals surface area contributed by atoms with Crippen LogP contribution in [0.5, 0.6) is 0 Å². The first-order chi connectivity index (χ1) is 8.66. The molecule has 0 bridgehead atoms. The Hall–Kier alpha value is -2.07. The molecule has 0 atom stereocenters. The maximum absolute atomic E-state index is 11.1. The molecule has 0 spiro atoms. The van der Waals surface area contributed by atoms with Crippen LogP contribution in [0.4, 0.5) is 5.69 Å². The molecule has 3 N–H and O–H groups in total. The van der Waals surface area contributed by atoms with Gasteiger partial charge in [-0.25, -0.2) is 0 Å². The number of halogens is 1. The van der Waals surface area contributed by atoms with E-state index in [0.29, 0.717) is 17.1 Å². The third-order valence-electron chi connectivity index (χ3n) is 2.46. The van der Waals surface area contributed by atoms with Crippen molar-refractivity contribution in [3.05, 3.63) is 58.9 Å². The molecule has 1 aromatic heterocycles. The summed E-state index contributed by atoms with van der Waals surface area (Å²) in [5.74, 6) is -0.434. The van der Waals surface area contributed by atoms with Crippen molar-refractivity contribution in [3.63, 3.8) is 0 Å². The molecule has 0 saturated carbocycles. The van der Waals surface area contributed by atoms with Crippen LogP contribution in [-0.4, -0.2) is 10.9 Å². The van der Waals surface area contributed by atoms with Crippen molar-refractivity contribution < 1.29 is 4.79 Å². The number of carbonyl (C=O) groups is 1. The predicted molar refractivity (Wildman–Crippen MR) is 71.5 cm³/mol. The molecule has 92 valence electrons. The van der Waals surface area contributed by atoms with Crippen molar-refractivity contribution >= 4 is 23.2 Å². The summed E-state index contributed by atoms with van der Waals surface area (Å²) in [4.78, 5) is 15.0. The van der Waals surface area contributed by atoms with Crippen LogP contribution in [0.2, 0.25) is 5.02 Å². The van der Waals surface area contributed by atoms with Crippen molar-refractivity contribution in [1.82, 2.24) is 4.98 Å². The van der Waals surface area contributed by atoms with E-state index in [4.69, 9.17) is 17.3 Å². The minimum absolute atomic E-state index is 0.434. The van der Waals surface area contributed by atoms with E-state index in [1.807, 2.05) is 6.07 Å². The van der Waals surface area contributed by atoms with Gasteiger partial charge in [-0.2, -0.15) is 0 Å². The van der Waals surface area contributed by atoms with E-state index in [1.54, 1.807) is 36.7 Å². The van der Waals surface area contributed by atoms with E-state index in [9.17, 15) is 4.79 Å². The molecule has 0 saturated heterocycles. The first-order valence-corrected chi connectivity index (χ1v) is 5.77. The number of amides is 1. The lowest BCUT2D eigenvalue weighted by Crippen LogP contribution is -2.11.